The highest BCUT2D eigenvalue weighted by Crippen LogP contribution is 2.29. The van der Waals surface area contributed by atoms with E-state index in [1.165, 1.54) is 6.07 Å². The number of benzene rings is 2. The molecule has 1 atom stereocenters. The summed E-state index contributed by atoms with van der Waals surface area (Å²) in [4.78, 5) is 12.2. The Labute approximate surface area is 124 Å². The highest BCUT2D eigenvalue weighted by atomic mass is 79.9. The van der Waals surface area contributed by atoms with E-state index in [4.69, 9.17) is 4.74 Å². The second-order valence-electron chi connectivity index (χ2n) is 4.80. The fourth-order valence-corrected chi connectivity index (χ4v) is 2.66. The maximum Gasteiger partial charge on any atom is 0.178 e. The van der Waals surface area contributed by atoms with E-state index in [1.807, 2.05) is 24.3 Å². The van der Waals surface area contributed by atoms with Crippen LogP contribution in [0.4, 0.5) is 4.39 Å². The normalized spacial score (nSPS) is 16.6. The van der Waals surface area contributed by atoms with Gasteiger partial charge in [-0.25, -0.2) is 4.39 Å². The number of carbonyl (C=O) groups is 1. The number of hydrogen-bond acceptors (Lipinski definition) is 2. The number of para-hydroxylation sites is 1. The molecular weight excluding hydrogens is 323 g/mol. The average Bonchev–Trinajstić information content (AvgIpc) is 2.86. The van der Waals surface area contributed by atoms with Gasteiger partial charge in [-0.05, 0) is 29.3 Å². The molecule has 0 aliphatic carbocycles. The van der Waals surface area contributed by atoms with Gasteiger partial charge in [-0.2, -0.15) is 0 Å². The molecule has 1 aliphatic heterocycles. The minimum Gasteiger partial charge on any atom is -0.482 e. The van der Waals surface area contributed by atoms with E-state index >= 15 is 0 Å². The largest absolute Gasteiger partial charge is 0.482 e. The number of rotatable bonds is 3. The fourth-order valence-electron chi connectivity index (χ4n) is 2.33. The summed E-state index contributed by atoms with van der Waals surface area (Å²) in [5.74, 6) is 0.285. The molecule has 0 radical (unpaired) electrons. The van der Waals surface area contributed by atoms with E-state index in [2.05, 4.69) is 15.9 Å². The zero-order valence-electron chi connectivity index (χ0n) is 10.6. The highest BCUT2D eigenvalue weighted by molar-refractivity contribution is 9.10. The van der Waals surface area contributed by atoms with Crippen LogP contribution >= 0.6 is 15.9 Å². The lowest BCUT2D eigenvalue weighted by atomic mass is 10.0. The summed E-state index contributed by atoms with van der Waals surface area (Å²) in [7, 11) is 0. The molecule has 0 bridgehead atoms. The molecule has 1 aliphatic rings. The first-order valence-corrected chi connectivity index (χ1v) is 7.14. The third-order valence-electron chi connectivity index (χ3n) is 3.39. The number of carbonyl (C=O) groups excluding carboxylic acids is 1. The van der Waals surface area contributed by atoms with Gasteiger partial charge < -0.3 is 4.74 Å². The molecule has 0 saturated heterocycles. The van der Waals surface area contributed by atoms with Crippen LogP contribution in [-0.2, 0) is 17.6 Å². The summed E-state index contributed by atoms with van der Waals surface area (Å²) in [6.07, 6.45) is 0.112. The predicted molar refractivity (Wildman–Crippen MR) is 77.4 cm³/mol. The first-order chi connectivity index (χ1) is 9.63. The standard InChI is InChI=1S/C16H12BrFO2/c17-12-6-5-10(13(18)9-12)7-14(19)16-8-11-3-1-2-4-15(11)20-16/h1-6,9,16H,7-8H2. The second-order valence-corrected chi connectivity index (χ2v) is 5.71. The smallest absolute Gasteiger partial charge is 0.178 e. The van der Waals surface area contributed by atoms with Crippen LogP contribution in [0.3, 0.4) is 0 Å². The van der Waals surface area contributed by atoms with Crippen molar-refractivity contribution in [3.8, 4) is 5.75 Å². The summed E-state index contributed by atoms with van der Waals surface area (Å²) < 4.78 is 20.0. The molecule has 1 unspecified atom stereocenters. The Kier molecular flexibility index (Phi) is 3.57. The van der Waals surface area contributed by atoms with Gasteiger partial charge in [0.25, 0.3) is 0 Å². The Bertz CT molecular complexity index is 644. The first kappa shape index (κ1) is 13.3. The van der Waals surface area contributed by atoms with Crippen molar-refractivity contribution >= 4 is 21.7 Å². The van der Waals surface area contributed by atoms with Gasteiger partial charge in [0.15, 0.2) is 11.9 Å². The second kappa shape index (κ2) is 5.37. The summed E-state index contributed by atoms with van der Waals surface area (Å²) in [6, 6.07) is 12.3. The summed E-state index contributed by atoms with van der Waals surface area (Å²) in [6.45, 7) is 0. The number of hydrogen-bond donors (Lipinski definition) is 0. The number of ketones is 1. The van der Waals surface area contributed by atoms with Crippen molar-refractivity contribution in [2.45, 2.75) is 18.9 Å². The van der Waals surface area contributed by atoms with E-state index < -0.39 is 6.10 Å². The number of ether oxygens (including phenoxy) is 1. The van der Waals surface area contributed by atoms with Crippen LogP contribution in [0.1, 0.15) is 11.1 Å². The quantitative estimate of drug-likeness (QED) is 0.855. The van der Waals surface area contributed by atoms with Crippen molar-refractivity contribution in [2.24, 2.45) is 0 Å². The van der Waals surface area contributed by atoms with Gasteiger partial charge in [0.1, 0.15) is 11.6 Å². The lowest BCUT2D eigenvalue weighted by Crippen LogP contribution is -2.27. The third kappa shape index (κ3) is 2.61. The van der Waals surface area contributed by atoms with Crippen molar-refractivity contribution < 1.29 is 13.9 Å². The van der Waals surface area contributed by atoms with E-state index in [9.17, 15) is 9.18 Å². The van der Waals surface area contributed by atoms with Crippen LogP contribution in [0.25, 0.3) is 0 Å². The molecule has 2 aromatic carbocycles. The number of fused-ring (bicyclic) bond motifs is 1. The van der Waals surface area contributed by atoms with Crippen molar-refractivity contribution in [1.82, 2.24) is 0 Å². The zero-order valence-corrected chi connectivity index (χ0v) is 12.2. The molecule has 0 aromatic heterocycles. The van der Waals surface area contributed by atoms with Crippen LogP contribution in [0.2, 0.25) is 0 Å². The summed E-state index contributed by atoms with van der Waals surface area (Å²) in [5.41, 5.74) is 1.43. The molecule has 2 nitrogen and oxygen atoms in total. The Morgan fingerprint density at radius 3 is 2.85 bits per heavy atom. The molecule has 0 N–H and O–H groups in total. The van der Waals surface area contributed by atoms with Crippen molar-refractivity contribution in [2.75, 3.05) is 0 Å². The van der Waals surface area contributed by atoms with Gasteiger partial charge in [0, 0.05) is 17.3 Å². The molecule has 0 saturated carbocycles. The van der Waals surface area contributed by atoms with Crippen LogP contribution in [0, 0.1) is 5.82 Å². The van der Waals surface area contributed by atoms with Crippen LogP contribution < -0.4 is 4.74 Å². The van der Waals surface area contributed by atoms with E-state index in [0.29, 0.717) is 16.5 Å². The Morgan fingerprint density at radius 2 is 2.10 bits per heavy atom. The van der Waals surface area contributed by atoms with Gasteiger partial charge >= 0.3 is 0 Å². The molecule has 2 aromatic rings. The summed E-state index contributed by atoms with van der Waals surface area (Å²) in [5, 5.41) is 0. The maximum absolute atomic E-state index is 13.7. The molecule has 3 rings (SSSR count). The van der Waals surface area contributed by atoms with Crippen molar-refractivity contribution in [3.63, 3.8) is 0 Å². The molecule has 4 heteroatoms. The van der Waals surface area contributed by atoms with Gasteiger partial charge in [-0.1, -0.05) is 40.2 Å². The Morgan fingerprint density at radius 1 is 1.30 bits per heavy atom. The lowest BCUT2D eigenvalue weighted by molar-refractivity contribution is -0.124. The van der Waals surface area contributed by atoms with Crippen LogP contribution in [0.5, 0.6) is 5.75 Å². The topological polar surface area (TPSA) is 26.3 Å². The zero-order chi connectivity index (χ0) is 14.1. The SMILES string of the molecule is O=C(Cc1ccc(Br)cc1F)C1Cc2ccccc2O1. The van der Waals surface area contributed by atoms with Gasteiger partial charge in [0.05, 0.1) is 0 Å². The number of Topliss-reactive ketones (excluding diaryl/α,β-unsaturated/α-hetero) is 1. The highest BCUT2D eigenvalue weighted by Gasteiger charge is 2.28. The van der Waals surface area contributed by atoms with Gasteiger partial charge in [-0.15, -0.1) is 0 Å². The molecule has 1 heterocycles. The molecular formula is C16H12BrFO2. The minimum atomic E-state index is -0.504. The molecule has 102 valence electrons. The average molecular weight is 335 g/mol. The van der Waals surface area contributed by atoms with Gasteiger partial charge in [-0.3, -0.25) is 4.79 Å². The van der Waals surface area contributed by atoms with E-state index in [-0.39, 0.29) is 18.0 Å². The third-order valence-corrected chi connectivity index (χ3v) is 3.88. The Hall–Kier alpha value is -1.68. The molecule has 0 amide bonds. The maximum atomic E-state index is 13.7. The van der Waals surface area contributed by atoms with Crippen LogP contribution in [0.15, 0.2) is 46.9 Å². The fraction of sp³-hybridized carbons (Fsp3) is 0.188. The van der Waals surface area contributed by atoms with Crippen LogP contribution in [-0.4, -0.2) is 11.9 Å². The van der Waals surface area contributed by atoms with E-state index in [0.717, 1.165) is 11.3 Å². The lowest BCUT2D eigenvalue weighted by Gasteiger charge is -2.10. The van der Waals surface area contributed by atoms with E-state index in [1.54, 1.807) is 12.1 Å². The van der Waals surface area contributed by atoms with Gasteiger partial charge in [0.2, 0.25) is 0 Å². The molecule has 20 heavy (non-hydrogen) atoms. The first-order valence-electron chi connectivity index (χ1n) is 6.34. The monoisotopic (exact) mass is 334 g/mol. The molecule has 0 spiro atoms. The molecule has 0 fully saturated rings. The minimum absolute atomic E-state index is 0.0533. The predicted octanol–water partition coefficient (Wildman–Crippen LogP) is 3.70. The van der Waals surface area contributed by atoms with Crippen molar-refractivity contribution in [1.29, 1.82) is 0 Å². The summed E-state index contributed by atoms with van der Waals surface area (Å²) >= 11 is 3.20. The van der Waals surface area contributed by atoms with Crippen molar-refractivity contribution in [3.05, 3.63) is 63.9 Å². The number of halogens is 2. The Balaban J connectivity index is 1.72.